The van der Waals surface area contributed by atoms with Gasteiger partial charge >= 0.3 is 6.09 Å². The molecule has 10 nitrogen and oxygen atoms in total. The highest BCUT2D eigenvalue weighted by molar-refractivity contribution is 7.22. The molecule has 0 saturated heterocycles. The van der Waals surface area contributed by atoms with Gasteiger partial charge in [0.1, 0.15) is 38.2 Å². The highest BCUT2D eigenvalue weighted by atomic mass is 32.1. The Bertz CT molecular complexity index is 2490. The number of Topliss-reactive ketones (excluding diaryl/α,β-unsaturated/α-hetero) is 2. The Labute approximate surface area is 373 Å². The average molecular weight is 895 g/mol. The number of thiophene rings is 2. The predicted molar refractivity (Wildman–Crippen MR) is 248 cm³/mol. The van der Waals surface area contributed by atoms with Crippen LogP contribution in [0.5, 0.6) is 0 Å². The van der Waals surface area contributed by atoms with E-state index in [1.807, 2.05) is 56.6 Å². The molecule has 61 heavy (non-hydrogen) atoms. The maximum atomic E-state index is 12.9. The first-order valence-corrected chi connectivity index (χ1v) is 25.2. The lowest BCUT2D eigenvalue weighted by Gasteiger charge is -2.30. The van der Waals surface area contributed by atoms with Gasteiger partial charge in [-0.2, -0.15) is 0 Å². The number of aromatic nitrogens is 4. The van der Waals surface area contributed by atoms with Crippen LogP contribution in [0.1, 0.15) is 116 Å². The number of hydrogen-bond acceptors (Lipinski definition) is 13. The Hall–Kier alpha value is -3.95. The number of carbonyl (C=O) groups excluding carboxylic acids is 3. The molecule has 6 aromatic rings. The highest BCUT2D eigenvalue weighted by Gasteiger charge is 2.32. The van der Waals surface area contributed by atoms with E-state index in [-0.39, 0.29) is 6.09 Å². The van der Waals surface area contributed by atoms with Crippen molar-refractivity contribution >= 4 is 83.4 Å². The molecule has 0 bridgehead atoms. The quantitative estimate of drug-likeness (QED) is 0.114. The van der Waals surface area contributed by atoms with Gasteiger partial charge in [0.25, 0.3) is 0 Å². The fourth-order valence-electron chi connectivity index (χ4n) is 8.38. The first kappa shape index (κ1) is 42.4. The molecule has 10 rings (SSSR count). The smallest absolute Gasteiger partial charge is 0.410 e. The van der Waals surface area contributed by atoms with Crippen molar-refractivity contribution in [2.24, 2.45) is 11.8 Å². The third-order valence-electron chi connectivity index (χ3n) is 11.8. The van der Waals surface area contributed by atoms with Crippen molar-refractivity contribution < 1.29 is 19.1 Å². The van der Waals surface area contributed by atoms with Crippen LogP contribution in [0.4, 0.5) is 4.79 Å². The number of ketones is 2. The van der Waals surface area contributed by atoms with Crippen molar-refractivity contribution in [3.8, 4) is 21.1 Å². The van der Waals surface area contributed by atoms with E-state index in [9.17, 15) is 14.4 Å². The summed E-state index contributed by atoms with van der Waals surface area (Å²) in [4.78, 5) is 63.0. The van der Waals surface area contributed by atoms with Crippen molar-refractivity contribution in [3.63, 3.8) is 0 Å². The molecule has 2 aliphatic heterocycles. The molecule has 0 atom stereocenters. The Morgan fingerprint density at radius 1 is 0.754 bits per heavy atom. The van der Waals surface area contributed by atoms with Gasteiger partial charge in [-0.05, 0) is 88.1 Å². The number of thiazole rings is 2. The standard InChI is InChI=1S/C26H31N3O3S2.C21H23N3OS2/c1-26(2,3)32-25(31)29-12-10-18-22(15-29)33-21(13-17(30)6-4-5-16-7-8-16)23(18)24-28-19-14-27-11-9-20(19)34-24;25-14(3-1-2-13-4-5-13)10-18-20(15-6-8-23-12-19(15)26-18)21-24-16-11-22-9-7-17(16)27-21/h9,11,14,16H,4-8,10,12-13,15H2,1-3H3;7,9,11,13,23H,1-6,8,10,12H2. The first-order valence-electron chi connectivity index (χ1n) is 22.0. The summed E-state index contributed by atoms with van der Waals surface area (Å²) in [5, 5.41) is 5.47. The summed E-state index contributed by atoms with van der Waals surface area (Å²) in [5.74, 6) is 2.44. The monoisotopic (exact) mass is 894 g/mol. The molecular formula is C47H54N6O4S4. The van der Waals surface area contributed by atoms with Gasteiger partial charge in [-0.15, -0.1) is 45.3 Å². The average Bonchev–Trinajstić information content (AvgIpc) is 4.06. The minimum absolute atomic E-state index is 0.281. The molecule has 320 valence electrons. The number of amides is 1. The van der Waals surface area contributed by atoms with Crippen LogP contribution < -0.4 is 5.32 Å². The lowest BCUT2D eigenvalue weighted by Crippen LogP contribution is -2.39. The van der Waals surface area contributed by atoms with E-state index < -0.39 is 5.60 Å². The van der Waals surface area contributed by atoms with Crippen LogP contribution in [0.15, 0.2) is 36.9 Å². The largest absolute Gasteiger partial charge is 0.444 e. The van der Waals surface area contributed by atoms with Gasteiger partial charge in [0.05, 0.1) is 28.3 Å². The normalized spacial score (nSPS) is 16.3. The van der Waals surface area contributed by atoms with Gasteiger partial charge < -0.3 is 15.0 Å². The fourth-order valence-corrected chi connectivity index (χ4v) is 13.3. The highest BCUT2D eigenvalue weighted by Crippen LogP contribution is 2.44. The summed E-state index contributed by atoms with van der Waals surface area (Å²) >= 11 is 6.86. The summed E-state index contributed by atoms with van der Waals surface area (Å²) in [6, 6.07) is 4.02. The SMILES string of the molecule is CC(C)(C)OC(=O)N1CCc2c(sc(CC(=O)CCCC3CC3)c2-c2nc3cnccc3s2)C1.O=C(CCCC1CC1)Cc1sc2c(c1-c1nc3cnccc3s1)CCNC2. The zero-order valence-corrected chi connectivity index (χ0v) is 38.6. The predicted octanol–water partition coefficient (Wildman–Crippen LogP) is 11.2. The summed E-state index contributed by atoms with van der Waals surface area (Å²) in [6.07, 6.45) is 20.9. The summed E-state index contributed by atoms with van der Waals surface area (Å²) < 4.78 is 7.87. The van der Waals surface area contributed by atoms with Crippen molar-refractivity contribution in [1.82, 2.24) is 30.2 Å². The van der Waals surface area contributed by atoms with Crippen molar-refractivity contribution in [3.05, 3.63) is 67.6 Å². The van der Waals surface area contributed by atoms with E-state index in [4.69, 9.17) is 14.7 Å². The van der Waals surface area contributed by atoms with Gasteiger partial charge in [-0.3, -0.25) is 19.6 Å². The Kier molecular flexibility index (Phi) is 12.8. The van der Waals surface area contributed by atoms with Gasteiger partial charge in [-0.25, -0.2) is 14.8 Å². The zero-order valence-electron chi connectivity index (χ0n) is 35.3. The number of nitrogens with one attached hydrogen (secondary N) is 1. The zero-order chi connectivity index (χ0) is 42.1. The second kappa shape index (κ2) is 18.4. The lowest BCUT2D eigenvalue weighted by molar-refractivity contribution is -0.119. The van der Waals surface area contributed by atoms with E-state index in [2.05, 4.69) is 15.3 Å². The molecule has 6 aromatic heterocycles. The van der Waals surface area contributed by atoms with Gasteiger partial charge in [0.15, 0.2) is 0 Å². The number of fused-ring (bicyclic) bond motifs is 4. The van der Waals surface area contributed by atoms with Crippen LogP contribution in [0.2, 0.25) is 0 Å². The van der Waals surface area contributed by atoms with E-state index in [0.29, 0.717) is 43.9 Å². The molecule has 0 unspecified atom stereocenters. The van der Waals surface area contributed by atoms with E-state index in [1.165, 1.54) is 65.0 Å². The molecule has 0 radical (unpaired) electrons. The van der Waals surface area contributed by atoms with Gasteiger partial charge in [-0.1, -0.05) is 38.5 Å². The summed E-state index contributed by atoms with van der Waals surface area (Å²) in [6.45, 7) is 8.69. The summed E-state index contributed by atoms with van der Waals surface area (Å²) in [7, 11) is 0. The Morgan fingerprint density at radius 2 is 1.30 bits per heavy atom. The number of ether oxygens (including phenoxy) is 1. The van der Waals surface area contributed by atoms with Crippen LogP contribution in [0, 0.1) is 11.8 Å². The molecule has 0 spiro atoms. The number of rotatable bonds is 14. The van der Waals surface area contributed by atoms with Crippen LogP contribution in [0.25, 0.3) is 41.6 Å². The Morgan fingerprint density at radius 3 is 1.82 bits per heavy atom. The number of pyridine rings is 2. The van der Waals surface area contributed by atoms with Gasteiger partial charge in [0, 0.05) is 81.8 Å². The molecule has 2 aliphatic carbocycles. The fraction of sp³-hybridized carbons (Fsp3) is 0.511. The minimum Gasteiger partial charge on any atom is -0.444 e. The Balaban J connectivity index is 0.000000160. The molecule has 8 heterocycles. The molecule has 14 heteroatoms. The van der Waals surface area contributed by atoms with Crippen molar-refractivity contribution in [2.75, 3.05) is 13.1 Å². The third-order valence-corrected chi connectivity index (χ3v) is 16.4. The number of carbonyl (C=O) groups is 3. The van der Waals surface area contributed by atoms with Crippen molar-refractivity contribution in [2.45, 2.75) is 129 Å². The van der Waals surface area contributed by atoms with Crippen molar-refractivity contribution in [1.29, 1.82) is 0 Å². The van der Waals surface area contributed by atoms with E-state index >= 15 is 0 Å². The van der Waals surface area contributed by atoms with Crippen LogP contribution in [0.3, 0.4) is 0 Å². The maximum Gasteiger partial charge on any atom is 0.410 e. The van der Waals surface area contributed by atoms with Gasteiger partial charge in [0.2, 0.25) is 0 Å². The molecule has 1 amide bonds. The second-order valence-electron chi connectivity index (χ2n) is 18.0. The van der Waals surface area contributed by atoms with Crippen LogP contribution in [-0.2, 0) is 53.1 Å². The van der Waals surface area contributed by atoms with E-state index in [1.54, 1.807) is 51.3 Å². The maximum absolute atomic E-state index is 12.9. The van der Waals surface area contributed by atoms with E-state index in [0.717, 1.165) is 103 Å². The summed E-state index contributed by atoms with van der Waals surface area (Å²) in [5.41, 5.74) is 6.31. The molecule has 1 N–H and O–H groups in total. The number of nitrogens with zero attached hydrogens (tertiary/aromatic N) is 5. The molecular weight excluding hydrogens is 841 g/mol. The molecule has 0 aromatic carbocycles. The first-order chi connectivity index (χ1) is 29.5. The van der Waals surface area contributed by atoms with Crippen LogP contribution in [-0.4, -0.2) is 61.2 Å². The molecule has 4 aliphatic rings. The lowest BCUT2D eigenvalue weighted by atomic mass is 9.99. The van der Waals surface area contributed by atoms with Crippen LogP contribution >= 0.6 is 45.3 Å². The topological polar surface area (TPSA) is 127 Å². The second-order valence-corrected chi connectivity index (χ2v) is 22.5. The number of hydrogen-bond donors (Lipinski definition) is 1. The molecule has 2 fully saturated rings. The third kappa shape index (κ3) is 10.5. The molecule has 2 saturated carbocycles. The minimum atomic E-state index is -0.523.